The Labute approximate surface area is 168 Å². The maximum Gasteiger partial charge on any atom is 1.00 e. The van der Waals surface area contributed by atoms with Gasteiger partial charge in [0, 0.05) is 13.0 Å². The van der Waals surface area contributed by atoms with Crippen molar-refractivity contribution in [3.8, 4) is 0 Å². The maximum atomic E-state index is 11.3. The molecule has 0 unspecified atom stereocenters. The van der Waals surface area contributed by atoms with Crippen LogP contribution in [0.15, 0.2) is 11.6 Å². The van der Waals surface area contributed by atoms with E-state index in [-0.39, 0.29) is 75.4 Å². The number of hydrogen-bond acceptors (Lipinski definition) is 5. The number of nitrogens with two attached hydrogens (primary N) is 1. The third kappa shape index (κ3) is 6.48. The number of amides is 1. The number of carboxylic acid groups (broad SMARTS) is 1. The van der Waals surface area contributed by atoms with Crippen LogP contribution in [0, 0.1) is 0 Å². The monoisotopic (exact) mass is 322 g/mol. The van der Waals surface area contributed by atoms with Gasteiger partial charge in [-0.25, -0.2) is 0 Å². The van der Waals surface area contributed by atoms with Crippen molar-refractivity contribution in [1.29, 1.82) is 0 Å². The van der Waals surface area contributed by atoms with E-state index >= 15 is 0 Å². The van der Waals surface area contributed by atoms with Crippen LogP contribution in [0.1, 0.15) is 40.0 Å². The van der Waals surface area contributed by atoms with Crippen LogP contribution in [0.25, 0.3) is 0 Å². The summed E-state index contributed by atoms with van der Waals surface area (Å²) in [5.41, 5.74) is 6.11. The van der Waals surface area contributed by atoms with Crippen LogP contribution in [0.3, 0.4) is 0 Å². The van der Waals surface area contributed by atoms with Crippen molar-refractivity contribution in [1.82, 2.24) is 5.32 Å². The normalized spacial score (nSPS) is 25.0. The number of carbonyl (C=O) groups excluding carboxylic acids is 2. The summed E-state index contributed by atoms with van der Waals surface area (Å²) in [6.07, 6.45) is 2.75. The molecule has 0 saturated carbocycles. The standard InChI is InChI=1S/C14H24N2O4.K/c1-4-10(5-2)20-12-7-9(14(18)19)6-11(15)13(12)16-8(3)17;/h7,10-13H,4-6,15H2,1-3H3,(H,16,17)(H,18,19);/q;+1/p-1/t11-,12+,13+;/m0./s1. The Morgan fingerprint density at radius 2 is 2.05 bits per heavy atom. The molecular weight excluding hydrogens is 299 g/mol. The number of carbonyl (C=O) groups is 2. The van der Waals surface area contributed by atoms with Crippen LogP contribution in [-0.2, 0) is 14.3 Å². The largest absolute Gasteiger partial charge is 1.00 e. The topological polar surface area (TPSA) is 104 Å². The molecule has 0 fully saturated rings. The van der Waals surface area contributed by atoms with Crippen molar-refractivity contribution in [3.63, 3.8) is 0 Å². The molecule has 0 aliphatic heterocycles. The SMILES string of the molecule is CCC(CC)O[C@@H]1C=C(C(=O)[O-])C[C@H](N)[C@H]1NC(C)=O.[K+]. The molecule has 0 radical (unpaired) electrons. The number of ether oxygens (including phenoxy) is 1. The van der Waals surface area contributed by atoms with E-state index in [9.17, 15) is 14.7 Å². The van der Waals surface area contributed by atoms with E-state index in [2.05, 4.69) is 5.32 Å². The molecule has 0 spiro atoms. The van der Waals surface area contributed by atoms with E-state index in [1.165, 1.54) is 13.0 Å². The van der Waals surface area contributed by atoms with E-state index in [1.807, 2.05) is 13.8 Å². The number of rotatable bonds is 6. The predicted octanol–water partition coefficient (Wildman–Crippen LogP) is -3.52. The van der Waals surface area contributed by atoms with E-state index in [0.29, 0.717) is 0 Å². The van der Waals surface area contributed by atoms with Gasteiger partial charge in [-0.2, -0.15) is 0 Å². The van der Waals surface area contributed by atoms with Gasteiger partial charge in [-0.1, -0.05) is 13.8 Å². The van der Waals surface area contributed by atoms with Crippen molar-refractivity contribution in [2.75, 3.05) is 0 Å². The summed E-state index contributed by atoms with van der Waals surface area (Å²) in [5.74, 6) is -1.45. The van der Waals surface area contributed by atoms with E-state index in [4.69, 9.17) is 10.5 Å². The van der Waals surface area contributed by atoms with Crippen molar-refractivity contribution in [2.24, 2.45) is 5.73 Å². The molecule has 0 heterocycles. The molecule has 1 amide bonds. The van der Waals surface area contributed by atoms with Crippen LogP contribution >= 0.6 is 0 Å². The third-order valence-corrected chi connectivity index (χ3v) is 3.53. The molecule has 7 heteroatoms. The Hall–Kier alpha value is 0.236. The van der Waals surface area contributed by atoms with Gasteiger partial charge in [0.15, 0.2) is 0 Å². The molecule has 0 aromatic carbocycles. The fourth-order valence-corrected chi connectivity index (χ4v) is 2.40. The smallest absolute Gasteiger partial charge is 0.545 e. The van der Waals surface area contributed by atoms with Gasteiger partial charge in [0.2, 0.25) is 5.91 Å². The van der Waals surface area contributed by atoms with Gasteiger partial charge in [-0.15, -0.1) is 0 Å². The zero-order chi connectivity index (χ0) is 15.3. The van der Waals surface area contributed by atoms with Crippen LogP contribution in [-0.4, -0.2) is 36.2 Å². The second-order valence-electron chi connectivity index (χ2n) is 5.11. The van der Waals surface area contributed by atoms with E-state index < -0.39 is 24.2 Å². The fraction of sp³-hybridized carbons (Fsp3) is 0.714. The third-order valence-electron chi connectivity index (χ3n) is 3.53. The molecular formula is C14H23KN2O4. The zero-order valence-electron chi connectivity index (χ0n) is 13.2. The summed E-state index contributed by atoms with van der Waals surface area (Å²) in [6, 6.07) is -0.924. The van der Waals surface area contributed by atoms with Gasteiger partial charge in [0.1, 0.15) is 0 Å². The first-order valence-corrected chi connectivity index (χ1v) is 6.99. The van der Waals surface area contributed by atoms with Crippen LogP contribution < -0.4 is 67.5 Å². The van der Waals surface area contributed by atoms with Gasteiger partial charge < -0.3 is 25.7 Å². The first-order chi connectivity index (χ1) is 9.38. The summed E-state index contributed by atoms with van der Waals surface area (Å²) >= 11 is 0. The predicted molar refractivity (Wildman–Crippen MR) is 72.5 cm³/mol. The molecule has 1 rings (SSSR count). The Morgan fingerprint density at radius 1 is 1.48 bits per heavy atom. The van der Waals surface area contributed by atoms with E-state index in [1.54, 1.807) is 0 Å². The van der Waals surface area contributed by atoms with Gasteiger partial charge in [-0.3, -0.25) is 4.79 Å². The number of carboxylic acids is 1. The second-order valence-corrected chi connectivity index (χ2v) is 5.11. The Balaban J connectivity index is 0.00000400. The summed E-state index contributed by atoms with van der Waals surface area (Å²) < 4.78 is 5.89. The second kappa shape index (κ2) is 10.1. The Bertz CT molecular complexity index is 396. The Kier molecular flexibility index (Phi) is 10.2. The molecule has 3 N–H and O–H groups in total. The average molecular weight is 322 g/mol. The minimum atomic E-state index is -1.24. The van der Waals surface area contributed by atoms with Crippen molar-refractivity contribution in [3.05, 3.63) is 11.6 Å². The number of hydrogen-bond donors (Lipinski definition) is 2. The molecule has 0 aromatic heterocycles. The van der Waals surface area contributed by atoms with E-state index in [0.717, 1.165) is 12.8 Å². The first-order valence-electron chi connectivity index (χ1n) is 6.99. The minimum absolute atomic E-state index is 0. The van der Waals surface area contributed by atoms with Gasteiger partial charge in [-0.05, 0) is 30.9 Å². The molecule has 0 bridgehead atoms. The number of nitrogens with one attached hydrogen (secondary N) is 1. The summed E-state index contributed by atoms with van der Waals surface area (Å²) in [7, 11) is 0. The summed E-state index contributed by atoms with van der Waals surface area (Å²) in [5, 5.41) is 13.8. The molecule has 6 nitrogen and oxygen atoms in total. The molecule has 3 atom stereocenters. The summed E-state index contributed by atoms with van der Waals surface area (Å²) in [4.78, 5) is 22.3. The van der Waals surface area contributed by atoms with Gasteiger partial charge in [0.25, 0.3) is 0 Å². The molecule has 0 aromatic rings. The number of aliphatic carboxylic acids is 1. The van der Waals surface area contributed by atoms with Gasteiger partial charge >= 0.3 is 51.4 Å². The van der Waals surface area contributed by atoms with Crippen molar-refractivity contribution < 1.29 is 70.8 Å². The van der Waals surface area contributed by atoms with Crippen LogP contribution in [0.2, 0.25) is 0 Å². The van der Waals surface area contributed by atoms with Crippen LogP contribution in [0.4, 0.5) is 0 Å². The Morgan fingerprint density at radius 3 is 2.48 bits per heavy atom. The maximum absolute atomic E-state index is 11.3. The molecule has 21 heavy (non-hydrogen) atoms. The fourth-order valence-electron chi connectivity index (χ4n) is 2.40. The van der Waals surface area contributed by atoms with Crippen molar-refractivity contribution in [2.45, 2.75) is 64.3 Å². The molecule has 1 aliphatic rings. The summed E-state index contributed by atoms with van der Waals surface area (Å²) in [6.45, 7) is 5.39. The zero-order valence-corrected chi connectivity index (χ0v) is 16.3. The van der Waals surface area contributed by atoms with Crippen molar-refractivity contribution >= 4 is 11.9 Å². The van der Waals surface area contributed by atoms with Gasteiger partial charge in [0.05, 0.1) is 24.2 Å². The molecule has 114 valence electrons. The average Bonchev–Trinajstić information content (AvgIpc) is 2.38. The molecule has 1 aliphatic carbocycles. The van der Waals surface area contributed by atoms with Crippen LogP contribution in [0.5, 0.6) is 0 Å². The first kappa shape index (κ1) is 21.2. The minimum Gasteiger partial charge on any atom is -0.545 e. The molecule has 0 saturated heterocycles. The quantitative estimate of drug-likeness (QED) is 0.493.